The van der Waals surface area contributed by atoms with Crippen molar-refractivity contribution < 1.29 is 19.6 Å². The first-order valence-corrected chi connectivity index (χ1v) is 8.72. The molecule has 2 heterocycles. The van der Waals surface area contributed by atoms with Crippen LogP contribution in [0.5, 0.6) is 0 Å². The van der Waals surface area contributed by atoms with E-state index in [1.54, 1.807) is 12.1 Å². The number of aliphatic carboxylic acids is 1. The average Bonchev–Trinajstić information content (AvgIpc) is 3.12. The van der Waals surface area contributed by atoms with Crippen molar-refractivity contribution in [3.63, 3.8) is 0 Å². The van der Waals surface area contributed by atoms with Gasteiger partial charge in [0.1, 0.15) is 6.23 Å². The van der Waals surface area contributed by atoms with E-state index in [4.69, 9.17) is 4.74 Å². The number of nitrogens with zero attached hydrogens (tertiary/aromatic N) is 2. The Bertz CT molecular complexity index is 908. The van der Waals surface area contributed by atoms with Crippen molar-refractivity contribution in [3.05, 3.63) is 81.4 Å². The Hall–Kier alpha value is -3.19. The lowest BCUT2D eigenvalue weighted by atomic mass is 9.93. The number of nitro benzene ring substituents is 1. The molecule has 0 saturated carbocycles. The lowest BCUT2D eigenvalue weighted by Crippen LogP contribution is -2.36. The molecule has 0 radical (unpaired) electrons. The van der Waals surface area contributed by atoms with Gasteiger partial charge in [0.05, 0.1) is 28.8 Å². The van der Waals surface area contributed by atoms with E-state index >= 15 is 0 Å². The van der Waals surface area contributed by atoms with Crippen molar-refractivity contribution in [2.75, 3.05) is 6.61 Å². The van der Waals surface area contributed by atoms with Crippen LogP contribution in [0.1, 0.15) is 30.0 Å². The van der Waals surface area contributed by atoms with Crippen LogP contribution in [0.4, 0.5) is 5.69 Å². The van der Waals surface area contributed by atoms with Gasteiger partial charge >= 0.3 is 5.97 Å². The summed E-state index contributed by atoms with van der Waals surface area (Å²) in [5.74, 6) is -0.972. The van der Waals surface area contributed by atoms with Gasteiger partial charge in [-0.2, -0.15) is 0 Å². The summed E-state index contributed by atoms with van der Waals surface area (Å²) in [7, 11) is 0. The fourth-order valence-corrected chi connectivity index (χ4v) is 3.83. The molecule has 0 spiro atoms. The van der Waals surface area contributed by atoms with Crippen LogP contribution in [0.3, 0.4) is 0 Å². The molecule has 2 aliphatic rings. The SMILES string of the molecule is O=C(O)C1=C(c2ccc([N+](=O)[O-])cc2)N2[C@@H](CC1)OC[C@H]2c1ccccc1. The molecule has 0 bridgehead atoms. The summed E-state index contributed by atoms with van der Waals surface area (Å²) in [5, 5.41) is 20.7. The summed E-state index contributed by atoms with van der Waals surface area (Å²) >= 11 is 0. The second-order valence-electron chi connectivity index (χ2n) is 6.60. The largest absolute Gasteiger partial charge is 0.478 e. The Morgan fingerprint density at radius 3 is 2.48 bits per heavy atom. The summed E-state index contributed by atoms with van der Waals surface area (Å²) in [6, 6.07) is 15.7. The van der Waals surface area contributed by atoms with Gasteiger partial charge in [0.25, 0.3) is 5.69 Å². The van der Waals surface area contributed by atoms with E-state index in [2.05, 4.69) is 0 Å². The van der Waals surface area contributed by atoms with Gasteiger partial charge in [0.2, 0.25) is 0 Å². The van der Waals surface area contributed by atoms with Crippen LogP contribution in [0.2, 0.25) is 0 Å². The predicted molar refractivity (Wildman–Crippen MR) is 97.6 cm³/mol. The number of benzene rings is 2. The van der Waals surface area contributed by atoms with Crippen LogP contribution in [0, 0.1) is 10.1 Å². The fraction of sp³-hybridized carbons (Fsp3) is 0.250. The number of carboxylic acid groups (broad SMARTS) is 1. The molecule has 0 unspecified atom stereocenters. The fourth-order valence-electron chi connectivity index (χ4n) is 3.83. The highest BCUT2D eigenvalue weighted by Crippen LogP contribution is 2.44. The highest BCUT2D eigenvalue weighted by atomic mass is 16.6. The number of carbonyl (C=O) groups is 1. The zero-order valence-electron chi connectivity index (χ0n) is 14.4. The minimum Gasteiger partial charge on any atom is -0.478 e. The van der Waals surface area contributed by atoms with Crippen molar-refractivity contribution in [2.24, 2.45) is 0 Å². The van der Waals surface area contributed by atoms with E-state index in [0.717, 1.165) is 5.56 Å². The number of carboxylic acids is 1. The lowest BCUT2D eigenvalue weighted by molar-refractivity contribution is -0.384. The molecular formula is C20H18N2O5. The van der Waals surface area contributed by atoms with Gasteiger partial charge in [-0.05, 0) is 36.1 Å². The Labute approximate surface area is 155 Å². The Morgan fingerprint density at radius 1 is 1.15 bits per heavy atom. The van der Waals surface area contributed by atoms with Crippen molar-refractivity contribution >= 4 is 17.4 Å². The van der Waals surface area contributed by atoms with Gasteiger partial charge in [-0.3, -0.25) is 10.1 Å². The highest BCUT2D eigenvalue weighted by Gasteiger charge is 2.42. The molecule has 27 heavy (non-hydrogen) atoms. The third kappa shape index (κ3) is 3.06. The number of rotatable bonds is 4. The molecule has 7 nitrogen and oxygen atoms in total. The minimum atomic E-state index is -0.972. The second kappa shape index (κ2) is 6.85. The van der Waals surface area contributed by atoms with Crippen LogP contribution >= 0.6 is 0 Å². The zero-order valence-corrected chi connectivity index (χ0v) is 14.4. The molecule has 1 N–H and O–H groups in total. The Kier molecular flexibility index (Phi) is 4.37. The first-order valence-electron chi connectivity index (χ1n) is 8.72. The van der Waals surface area contributed by atoms with Gasteiger partial charge in [-0.1, -0.05) is 30.3 Å². The Morgan fingerprint density at radius 2 is 1.85 bits per heavy atom. The number of hydrogen-bond donors (Lipinski definition) is 1. The monoisotopic (exact) mass is 366 g/mol. The third-order valence-electron chi connectivity index (χ3n) is 5.07. The molecule has 2 atom stereocenters. The molecule has 0 aliphatic carbocycles. The number of nitro groups is 1. The number of fused-ring (bicyclic) bond motifs is 1. The molecule has 1 saturated heterocycles. The molecule has 2 aromatic rings. The molecule has 138 valence electrons. The second-order valence-corrected chi connectivity index (χ2v) is 6.60. The maximum atomic E-state index is 11.9. The van der Waals surface area contributed by atoms with Crippen LogP contribution in [0.15, 0.2) is 60.2 Å². The first-order chi connectivity index (χ1) is 13.1. The third-order valence-corrected chi connectivity index (χ3v) is 5.07. The minimum absolute atomic E-state index is 0.0270. The van der Waals surface area contributed by atoms with Crippen molar-refractivity contribution in [3.8, 4) is 0 Å². The maximum absolute atomic E-state index is 11.9. The molecular weight excluding hydrogens is 348 g/mol. The number of hydrogen-bond acceptors (Lipinski definition) is 5. The highest BCUT2D eigenvalue weighted by molar-refractivity contribution is 5.96. The summed E-state index contributed by atoms with van der Waals surface area (Å²) in [6.45, 7) is 0.470. The Balaban J connectivity index is 1.82. The molecule has 2 aliphatic heterocycles. The number of ether oxygens (including phenoxy) is 1. The van der Waals surface area contributed by atoms with Crippen molar-refractivity contribution in [1.82, 2.24) is 4.90 Å². The van der Waals surface area contributed by atoms with Crippen molar-refractivity contribution in [2.45, 2.75) is 25.1 Å². The van der Waals surface area contributed by atoms with Crippen LogP contribution < -0.4 is 0 Å². The normalized spacial score (nSPS) is 21.9. The molecule has 2 aromatic carbocycles. The molecule has 0 aromatic heterocycles. The maximum Gasteiger partial charge on any atom is 0.333 e. The van der Waals surface area contributed by atoms with Gasteiger partial charge < -0.3 is 14.7 Å². The molecule has 4 rings (SSSR count). The van der Waals surface area contributed by atoms with Crippen LogP contribution in [-0.4, -0.2) is 33.7 Å². The van der Waals surface area contributed by atoms with E-state index in [1.165, 1.54) is 12.1 Å². The van der Waals surface area contributed by atoms with Gasteiger partial charge in [0, 0.05) is 12.1 Å². The van der Waals surface area contributed by atoms with Crippen LogP contribution in [-0.2, 0) is 9.53 Å². The van der Waals surface area contributed by atoms with E-state index in [-0.39, 0.29) is 18.0 Å². The smallest absolute Gasteiger partial charge is 0.333 e. The quantitative estimate of drug-likeness (QED) is 0.657. The molecule has 7 heteroatoms. The topological polar surface area (TPSA) is 92.9 Å². The van der Waals surface area contributed by atoms with E-state index in [0.29, 0.717) is 36.3 Å². The summed E-state index contributed by atoms with van der Waals surface area (Å²) in [6.07, 6.45) is 0.787. The number of non-ortho nitro benzene ring substituents is 1. The van der Waals surface area contributed by atoms with Gasteiger partial charge in [0.15, 0.2) is 0 Å². The van der Waals surface area contributed by atoms with E-state index in [1.807, 2.05) is 35.2 Å². The molecule has 0 amide bonds. The van der Waals surface area contributed by atoms with Crippen LogP contribution in [0.25, 0.3) is 5.70 Å². The van der Waals surface area contributed by atoms with E-state index in [9.17, 15) is 20.0 Å². The average molecular weight is 366 g/mol. The van der Waals surface area contributed by atoms with Gasteiger partial charge in [-0.25, -0.2) is 4.79 Å². The summed E-state index contributed by atoms with van der Waals surface area (Å²) in [5.41, 5.74) is 2.56. The standard InChI is InChI=1S/C20H18N2O5/c23-20(24)16-10-11-18-21(17(12-27-18)13-4-2-1-3-5-13)19(16)14-6-8-15(9-7-14)22(25)26/h1-9,17-18H,10-12H2,(H,23,24)/t17-,18+/m0/s1. The van der Waals surface area contributed by atoms with Crippen molar-refractivity contribution in [1.29, 1.82) is 0 Å². The van der Waals surface area contributed by atoms with Gasteiger partial charge in [-0.15, -0.1) is 0 Å². The lowest BCUT2D eigenvalue weighted by Gasteiger charge is -2.37. The zero-order chi connectivity index (χ0) is 19.0. The molecule has 1 fully saturated rings. The first kappa shape index (κ1) is 17.2. The summed E-state index contributed by atoms with van der Waals surface area (Å²) in [4.78, 5) is 24.4. The predicted octanol–water partition coefficient (Wildman–Crippen LogP) is 3.58. The van der Waals surface area contributed by atoms with E-state index < -0.39 is 10.9 Å². The summed E-state index contributed by atoms with van der Waals surface area (Å²) < 4.78 is 5.96.